The van der Waals surface area contributed by atoms with Crippen LogP contribution < -0.4 is 5.32 Å². The number of likely N-dealkylation sites (tertiary alicyclic amines) is 1. The van der Waals surface area contributed by atoms with Crippen LogP contribution in [0.1, 0.15) is 24.8 Å². The first-order valence-corrected chi connectivity index (χ1v) is 7.64. The zero-order chi connectivity index (χ0) is 14.2. The molecule has 1 N–H and O–H groups in total. The highest BCUT2D eigenvalue weighted by Crippen LogP contribution is 2.30. The minimum absolute atomic E-state index is 0.450. The highest BCUT2D eigenvalue weighted by molar-refractivity contribution is 5.86. The second-order valence-electron chi connectivity index (χ2n) is 6.04. The van der Waals surface area contributed by atoms with Gasteiger partial charge in [-0.1, -0.05) is 18.2 Å². The van der Waals surface area contributed by atoms with Crippen molar-refractivity contribution in [1.82, 2.24) is 9.88 Å². The fraction of sp³-hybridized carbons (Fsp3) is 0.412. The van der Waals surface area contributed by atoms with Crippen LogP contribution in [0.25, 0.3) is 10.9 Å². The van der Waals surface area contributed by atoms with Crippen molar-refractivity contribution in [3.63, 3.8) is 0 Å². The lowest BCUT2D eigenvalue weighted by atomic mass is 10.1. The van der Waals surface area contributed by atoms with Crippen LogP contribution >= 0.6 is 0 Å². The van der Waals surface area contributed by atoms with Crippen LogP contribution in [-0.4, -0.2) is 35.1 Å². The number of hydrogen-bond acceptors (Lipinski definition) is 4. The molecule has 0 spiro atoms. The Kier molecular flexibility index (Phi) is 3.01. The van der Waals surface area contributed by atoms with E-state index in [-0.39, 0.29) is 0 Å². The molecule has 1 unspecified atom stereocenters. The summed E-state index contributed by atoms with van der Waals surface area (Å²) in [7, 11) is 0. The molecule has 1 atom stereocenters. The lowest BCUT2D eigenvalue weighted by Gasteiger charge is -2.16. The highest BCUT2D eigenvalue weighted by atomic mass is 15.2. The normalized spacial score (nSPS) is 22.3. The molecule has 4 nitrogen and oxygen atoms in total. The quantitative estimate of drug-likeness (QED) is 0.938. The molecule has 2 aliphatic rings. The number of hydrogen-bond donors (Lipinski definition) is 1. The van der Waals surface area contributed by atoms with Gasteiger partial charge in [-0.25, -0.2) is 4.98 Å². The lowest BCUT2D eigenvalue weighted by Crippen LogP contribution is -2.28. The average molecular weight is 278 g/mol. The lowest BCUT2D eigenvalue weighted by molar-refractivity contribution is 0.326. The summed E-state index contributed by atoms with van der Waals surface area (Å²) in [5, 5.41) is 13.8. The number of anilines is 1. The summed E-state index contributed by atoms with van der Waals surface area (Å²) in [6, 6.07) is 13.3. The number of nitriles is 1. The van der Waals surface area contributed by atoms with Crippen molar-refractivity contribution in [3.8, 4) is 6.07 Å². The Balaban J connectivity index is 1.57. The zero-order valence-electron chi connectivity index (χ0n) is 11.9. The van der Waals surface area contributed by atoms with E-state index >= 15 is 0 Å². The molecule has 0 radical (unpaired) electrons. The number of benzene rings is 1. The summed E-state index contributed by atoms with van der Waals surface area (Å²) < 4.78 is 0. The molecule has 1 saturated carbocycles. The molecule has 1 aliphatic heterocycles. The minimum atomic E-state index is 0.450. The standard InChI is InChI=1S/C17H18N4/c18-10-12-9-17(20-16-4-2-1-3-15(12)16)19-13-7-8-21(11-13)14-5-6-14/h1-4,9,13-14H,5-8,11H2,(H,19,20). The smallest absolute Gasteiger partial charge is 0.128 e. The van der Waals surface area contributed by atoms with Crippen LogP contribution in [0.4, 0.5) is 5.82 Å². The van der Waals surface area contributed by atoms with E-state index in [0.717, 1.165) is 35.7 Å². The van der Waals surface area contributed by atoms with Gasteiger partial charge in [-0.2, -0.15) is 5.26 Å². The maximum absolute atomic E-state index is 9.33. The number of fused-ring (bicyclic) bond motifs is 1. The molecular weight excluding hydrogens is 260 g/mol. The van der Waals surface area contributed by atoms with Crippen molar-refractivity contribution in [2.75, 3.05) is 18.4 Å². The van der Waals surface area contributed by atoms with Crippen LogP contribution in [0, 0.1) is 11.3 Å². The summed E-state index contributed by atoms with van der Waals surface area (Å²) in [5.74, 6) is 0.827. The van der Waals surface area contributed by atoms with Crippen LogP contribution in [-0.2, 0) is 0 Å². The minimum Gasteiger partial charge on any atom is -0.366 e. The van der Waals surface area contributed by atoms with E-state index in [9.17, 15) is 5.26 Å². The Hall–Kier alpha value is -2.12. The van der Waals surface area contributed by atoms with Crippen LogP contribution in [0.15, 0.2) is 30.3 Å². The van der Waals surface area contributed by atoms with E-state index in [1.54, 1.807) is 0 Å². The van der Waals surface area contributed by atoms with E-state index in [1.165, 1.54) is 19.4 Å². The second kappa shape index (κ2) is 5.01. The van der Waals surface area contributed by atoms with Gasteiger partial charge in [-0.15, -0.1) is 0 Å². The molecule has 1 aromatic heterocycles. The number of para-hydroxylation sites is 1. The fourth-order valence-corrected chi connectivity index (χ4v) is 3.23. The molecule has 4 rings (SSSR count). The van der Waals surface area contributed by atoms with Crippen molar-refractivity contribution in [2.45, 2.75) is 31.3 Å². The summed E-state index contributed by atoms with van der Waals surface area (Å²) in [6.45, 7) is 2.28. The number of aromatic nitrogens is 1. The Bertz CT molecular complexity index is 714. The first kappa shape index (κ1) is 12.6. The van der Waals surface area contributed by atoms with Crippen LogP contribution in [0.3, 0.4) is 0 Å². The number of nitrogens with one attached hydrogen (secondary N) is 1. The topological polar surface area (TPSA) is 52.0 Å². The average Bonchev–Trinajstić information content (AvgIpc) is 3.27. The molecule has 106 valence electrons. The molecule has 0 amide bonds. The molecule has 1 aromatic carbocycles. The molecule has 2 heterocycles. The first-order chi connectivity index (χ1) is 10.3. The predicted molar refractivity (Wildman–Crippen MR) is 83.1 cm³/mol. The van der Waals surface area contributed by atoms with Gasteiger partial charge in [0.05, 0.1) is 17.1 Å². The Labute approximate surface area is 124 Å². The maximum Gasteiger partial charge on any atom is 0.128 e. The van der Waals surface area contributed by atoms with Gasteiger partial charge < -0.3 is 5.32 Å². The summed E-state index contributed by atoms with van der Waals surface area (Å²) in [4.78, 5) is 7.23. The van der Waals surface area contributed by atoms with Crippen LogP contribution in [0.5, 0.6) is 0 Å². The van der Waals surface area contributed by atoms with E-state index in [2.05, 4.69) is 21.3 Å². The van der Waals surface area contributed by atoms with Gasteiger partial charge in [0.1, 0.15) is 5.82 Å². The Morgan fingerprint density at radius 1 is 1.24 bits per heavy atom. The fourth-order valence-electron chi connectivity index (χ4n) is 3.23. The summed E-state index contributed by atoms with van der Waals surface area (Å²) in [6.07, 6.45) is 3.88. The Morgan fingerprint density at radius 3 is 2.90 bits per heavy atom. The molecule has 1 saturated heterocycles. The number of pyridine rings is 1. The van der Waals surface area contributed by atoms with E-state index in [1.807, 2.05) is 30.3 Å². The van der Waals surface area contributed by atoms with E-state index in [0.29, 0.717) is 11.6 Å². The first-order valence-electron chi connectivity index (χ1n) is 7.64. The van der Waals surface area contributed by atoms with Crippen LogP contribution in [0.2, 0.25) is 0 Å². The van der Waals surface area contributed by atoms with Crippen molar-refractivity contribution in [1.29, 1.82) is 5.26 Å². The molecule has 4 heteroatoms. The SMILES string of the molecule is N#Cc1cc(NC2CCN(C3CC3)C2)nc2ccccc12. The maximum atomic E-state index is 9.33. The largest absolute Gasteiger partial charge is 0.366 e. The predicted octanol–water partition coefficient (Wildman–Crippen LogP) is 2.76. The second-order valence-corrected chi connectivity index (χ2v) is 6.04. The van der Waals surface area contributed by atoms with Gasteiger partial charge in [-0.3, -0.25) is 4.90 Å². The van der Waals surface area contributed by atoms with Gasteiger partial charge in [0.15, 0.2) is 0 Å². The molecule has 21 heavy (non-hydrogen) atoms. The summed E-state index contributed by atoms with van der Waals surface area (Å²) >= 11 is 0. The molecular formula is C17H18N4. The monoisotopic (exact) mass is 278 g/mol. The van der Waals surface area contributed by atoms with Crippen molar-refractivity contribution in [3.05, 3.63) is 35.9 Å². The third-order valence-corrected chi connectivity index (χ3v) is 4.47. The van der Waals surface area contributed by atoms with Gasteiger partial charge in [0.2, 0.25) is 0 Å². The molecule has 2 fully saturated rings. The third-order valence-electron chi connectivity index (χ3n) is 4.47. The highest BCUT2D eigenvalue weighted by Gasteiger charge is 2.34. The van der Waals surface area contributed by atoms with Gasteiger partial charge in [0.25, 0.3) is 0 Å². The zero-order valence-corrected chi connectivity index (χ0v) is 11.9. The van der Waals surface area contributed by atoms with E-state index in [4.69, 9.17) is 0 Å². The van der Waals surface area contributed by atoms with Crippen molar-refractivity contribution in [2.24, 2.45) is 0 Å². The van der Waals surface area contributed by atoms with E-state index < -0.39 is 0 Å². The number of rotatable bonds is 3. The van der Waals surface area contributed by atoms with Crippen molar-refractivity contribution < 1.29 is 0 Å². The third kappa shape index (κ3) is 2.45. The number of nitrogens with zero attached hydrogens (tertiary/aromatic N) is 3. The van der Waals surface area contributed by atoms with Crippen molar-refractivity contribution >= 4 is 16.7 Å². The molecule has 1 aliphatic carbocycles. The molecule has 0 bridgehead atoms. The summed E-state index contributed by atoms with van der Waals surface area (Å²) in [5.41, 5.74) is 1.58. The Morgan fingerprint density at radius 2 is 2.10 bits per heavy atom. The van der Waals surface area contributed by atoms with Gasteiger partial charge in [0, 0.05) is 30.6 Å². The van der Waals surface area contributed by atoms with Gasteiger partial charge >= 0.3 is 0 Å². The van der Waals surface area contributed by atoms with Gasteiger partial charge in [-0.05, 0) is 31.4 Å². The molecule has 2 aromatic rings.